The van der Waals surface area contributed by atoms with Crippen LogP contribution in [0.3, 0.4) is 0 Å². The first-order chi connectivity index (χ1) is 11.7. The summed E-state index contributed by atoms with van der Waals surface area (Å²) >= 11 is 1.95. The summed E-state index contributed by atoms with van der Waals surface area (Å²) in [5.74, 6) is 0.602. The molecule has 2 unspecified atom stereocenters. The molecule has 0 radical (unpaired) electrons. The van der Waals surface area contributed by atoms with E-state index in [1.807, 2.05) is 17.8 Å². The second-order valence-corrected chi connectivity index (χ2v) is 7.20. The first kappa shape index (κ1) is 22.5. The molecular weight excluding hydrogens is 452 g/mol. The van der Waals surface area contributed by atoms with Gasteiger partial charge in [-0.15, -0.1) is 24.0 Å². The highest BCUT2D eigenvalue weighted by Gasteiger charge is 2.24. The zero-order chi connectivity index (χ0) is 17.4. The Bertz CT molecular complexity index is 559. The second-order valence-electron chi connectivity index (χ2n) is 6.07. The summed E-state index contributed by atoms with van der Waals surface area (Å²) in [6.07, 6.45) is 5.81. The predicted octanol–water partition coefficient (Wildman–Crippen LogP) is 3.93. The average Bonchev–Trinajstić information content (AvgIpc) is 3.03. The van der Waals surface area contributed by atoms with Crippen LogP contribution in [0.2, 0.25) is 0 Å². The van der Waals surface area contributed by atoms with Gasteiger partial charge in [-0.3, -0.25) is 0 Å². The molecule has 0 amide bonds. The molecule has 1 saturated carbocycles. The summed E-state index contributed by atoms with van der Waals surface area (Å²) in [5, 5.41) is 7.58. The third-order valence-electron chi connectivity index (χ3n) is 4.23. The number of nitrogens with zero attached hydrogens (tertiary/aromatic N) is 1. The van der Waals surface area contributed by atoms with Gasteiger partial charge in [0.05, 0.1) is 13.2 Å². The van der Waals surface area contributed by atoms with Gasteiger partial charge in [0.1, 0.15) is 5.82 Å². The Morgan fingerprint density at radius 1 is 1.40 bits per heavy atom. The lowest BCUT2D eigenvalue weighted by Gasteiger charge is -2.17. The number of thioether (sulfide) groups is 1. The van der Waals surface area contributed by atoms with Crippen molar-refractivity contribution >= 4 is 41.7 Å². The van der Waals surface area contributed by atoms with Crippen molar-refractivity contribution in [3.8, 4) is 0 Å². The molecule has 0 spiro atoms. The van der Waals surface area contributed by atoms with Gasteiger partial charge in [-0.25, -0.2) is 9.38 Å². The molecule has 2 N–H and O–H groups in total. The van der Waals surface area contributed by atoms with Crippen LogP contribution in [0.4, 0.5) is 4.39 Å². The zero-order valence-corrected chi connectivity index (χ0v) is 18.3. The van der Waals surface area contributed by atoms with Crippen LogP contribution in [-0.2, 0) is 17.9 Å². The average molecular weight is 481 g/mol. The number of methoxy groups -OCH3 is 1. The molecule has 0 aromatic heterocycles. The van der Waals surface area contributed by atoms with E-state index in [2.05, 4.69) is 28.8 Å². The van der Waals surface area contributed by atoms with Gasteiger partial charge < -0.3 is 15.4 Å². The van der Waals surface area contributed by atoms with Gasteiger partial charge in [0, 0.05) is 30.5 Å². The maximum atomic E-state index is 13.7. The maximum Gasteiger partial charge on any atom is 0.191 e. The molecule has 2 atom stereocenters. The number of rotatable bonds is 7. The Morgan fingerprint density at radius 2 is 2.20 bits per heavy atom. The molecule has 0 aliphatic heterocycles. The van der Waals surface area contributed by atoms with Crippen LogP contribution in [-0.4, -0.2) is 37.2 Å². The van der Waals surface area contributed by atoms with Crippen LogP contribution >= 0.6 is 35.7 Å². The molecule has 1 aliphatic carbocycles. The molecule has 1 aromatic carbocycles. The van der Waals surface area contributed by atoms with E-state index in [4.69, 9.17) is 4.74 Å². The molecule has 0 bridgehead atoms. The van der Waals surface area contributed by atoms with Gasteiger partial charge in [-0.1, -0.05) is 6.07 Å². The molecule has 1 aromatic rings. The molecule has 1 aliphatic rings. The van der Waals surface area contributed by atoms with Crippen molar-refractivity contribution in [2.24, 2.45) is 4.99 Å². The molecule has 25 heavy (non-hydrogen) atoms. The summed E-state index contributed by atoms with van der Waals surface area (Å²) < 4.78 is 18.7. The van der Waals surface area contributed by atoms with Crippen LogP contribution < -0.4 is 10.6 Å². The van der Waals surface area contributed by atoms with Gasteiger partial charge >= 0.3 is 0 Å². The second kappa shape index (κ2) is 12.0. The SMILES string of the molecule is CCNC(=NCc1ccc(F)c(COC)c1)NC1CCC(SC)C1.I. The number of ether oxygens (including phenoxy) is 1. The number of hydrogen-bond acceptors (Lipinski definition) is 3. The quantitative estimate of drug-likeness (QED) is 0.352. The summed E-state index contributed by atoms with van der Waals surface area (Å²) in [7, 11) is 1.57. The van der Waals surface area contributed by atoms with Crippen molar-refractivity contribution in [1.29, 1.82) is 0 Å². The standard InChI is InChI=1S/C18H28FN3OS.HI/c1-4-20-18(22-15-6-7-16(10-15)24-3)21-11-13-5-8-17(19)14(9-13)12-23-2;/h5,8-9,15-16H,4,6-7,10-12H2,1-3H3,(H2,20,21,22);1H. The molecule has 1 fully saturated rings. The smallest absolute Gasteiger partial charge is 0.191 e. The lowest BCUT2D eigenvalue weighted by atomic mass is 10.1. The van der Waals surface area contributed by atoms with Crippen LogP contribution in [0.1, 0.15) is 37.3 Å². The number of guanidine groups is 1. The summed E-state index contributed by atoms with van der Waals surface area (Å²) in [6.45, 7) is 3.68. The summed E-state index contributed by atoms with van der Waals surface area (Å²) in [5.41, 5.74) is 1.55. The lowest BCUT2D eigenvalue weighted by Crippen LogP contribution is -2.42. The van der Waals surface area contributed by atoms with E-state index in [0.717, 1.165) is 23.3 Å². The minimum Gasteiger partial charge on any atom is -0.380 e. The lowest BCUT2D eigenvalue weighted by molar-refractivity contribution is 0.181. The molecule has 0 saturated heterocycles. The molecule has 7 heteroatoms. The number of benzene rings is 1. The van der Waals surface area contributed by atoms with Gasteiger partial charge in [0.25, 0.3) is 0 Å². The van der Waals surface area contributed by atoms with Crippen LogP contribution in [0.15, 0.2) is 23.2 Å². The van der Waals surface area contributed by atoms with Crippen molar-refractivity contribution in [3.63, 3.8) is 0 Å². The van der Waals surface area contributed by atoms with E-state index in [0.29, 0.717) is 18.2 Å². The van der Waals surface area contributed by atoms with Gasteiger partial charge in [0.15, 0.2) is 5.96 Å². The predicted molar refractivity (Wildman–Crippen MR) is 115 cm³/mol. The molecule has 142 valence electrons. The van der Waals surface area contributed by atoms with Crippen molar-refractivity contribution in [3.05, 3.63) is 35.1 Å². The maximum absolute atomic E-state index is 13.7. The van der Waals surface area contributed by atoms with E-state index in [-0.39, 0.29) is 36.4 Å². The molecule has 2 rings (SSSR count). The fourth-order valence-electron chi connectivity index (χ4n) is 2.96. The van der Waals surface area contributed by atoms with Gasteiger partial charge in [0.2, 0.25) is 0 Å². The first-order valence-electron chi connectivity index (χ1n) is 8.50. The third kappa shape index (κ3) is 7.30. The van der Waals surface area contributed by atoms with E-state index in [1.165, 1.54) is 25.3 Å². The van der Waals surface area contributed by atoms with E-state index >= 15 is 0 Å². The largest absolute Gasteiger partial charge is 0.380 e. The van der Waals surface area contributed by atoms with Crippen molar-refractivity contribution in [2.75, 3.05) is 19.9 Å². The van der Waals surface area contributed by atoms with Crippen LogP contribution in [0, 0.1) is 5.82 Å². The minimum absolute atomic E-state index is 0. The molecule has 4 nitrogen and oxygen atoms in total. The third-order valence-corrected chi connectivity index (χ3v) is 5.33. The van der Waals surface area contributed by atoms with Crippen molar-refractivity contribution in [1.82, 2.24) is 10.6 Å². The summed E-state index contributed by atoms with van der Waals surface area (Å²) in [6, 6.07) is 5.57. The normalized spacial score (nSPS) is 20.2. The number of nitrogens with one attached hydrogen (secondary N) is 2. The van der Waals surface area contributed by atoms with Gasteiger partial charge in [-0.2, -0.15) is 11.8 Å². The fraction of sp³-hybridized carbons (Fsp3) is 0.611. The highest BCUT2D eigenvalue weighted by atomic mass is 127. The highest BCUT2D eigenvalue weighted by Crippen LogP contribution is 2.28. The van der Waals surface area contributed by atoms with Crippen LogP contribution in [0.25, 0.3) is 0 Å². The first-order valence-corrected chi connectivity index (χ1v) is 9.79. The highest BCUT2D eigenvalue weighted by molar-refractivity contribution is 14.0. The Hall–Kier alpha value is -0.540. The topological polar surface area (TPSA) is 45.7 Å². The van der Waals surface area contributed by atoms with Crippen molar-refractivity contribution in [2.45, 2.75) is 50.6 Å². The number of aliphatic imine (C=N–C) groups is 1. The van der Waals surface area contributed by atoms with E-state index < -0.39 is 0 Å². The van der Waals surface area contributed by atoms with Crippen molar-refractivity contribution < 1.29 is 9.13 Å². The summed E-state index contributed by atoms with van der Waals surface area (Å²) in [4.78, 5) is 4.65. The Morgan fingerprint density at radius 3 is 2.84 bits per heavy atom. The monoisotopic (exact) mass is 481 g/mol. The van der Waals surface area contributed by atoms with Crippen LogP contribution in [0.5, 0.6) is 0 Å². The number of hydrogen-bond donors (Lipinski definition) is 2. The zero-order valence-electron chi connectivity index (χ0n) is 15.2. The van der Waals surface area contributed by atoms with E-state index in [9.17, 15) is 4.39 Å². The molecule has 0 heterocycles. The Labute approximate surface area is 171 Å². The fourth-order valence-corrected chi connectivity index (χ4v) is 3.76. The van der Waals surface area contributed by atoms with E-state index in [1.54, 1.807) is 13.2 Å². The Balaban J connectivity index is 0.00000312. The molecular formula is C18H29FIN3OS. The number of halogens is 2. The minimum atomic E-state index is -0.233. The van der Waals surface area contributed by atoms with Gasteiger partial charge in [-0.05, 0) is 50.1 Å². The Kier molecular flexibility index (Phi) is 10.8.